The number of halogens is 9. The van der Waals surface area contributed by atoms with Crippen molar-refractivity contribution >= 4 is 30.4 Å². The molecule has 0 spiro atoms. The largest absolute Gasteiger partial charge is 0.523 e. The standard InChI is InChI=1S/C6H5F9O9S3/c7-4(8,9)25(16,17)22-1-3(24-27(20,21)6(13,14)15)2-23-26(18,19)5(10,11)12/h3H,1-2H2. The van der Waals surface area contributed by atoms with Gasteiger partial charge in [0.25, 0.3) is 0 Å². The molecule has 164 valence electrons. The lowest BCUT2D eigenvalue weighted by Gasteiger charge is -2.19. The number of hydrogen-bond acceptors (Lipinski definition) is 9. The number of hydrogen-bond donors (Lipinski definition) is 0. The van der Waals surface area contributed by atoms with Crippen molar-refractivity contribution < 1.29 is 77.3 Å². The number of rotatable bonds is 8. The zero-order chi connectivity index (χ0) is 22.1. The van der Waals surface area contributed by atoms with E-state index in [1.165, 1.54) is 0 Å². The predicted octanol–water partition coefficient (Wildman–Crippen LogP) is 0.954. The lowest BCUT2D eigenvalue weighted by molar-refractivity contribution is -0.0684. The van der Waals surface area contributed by atoms with Gasteiger partial charge in [-0.05, 0) is 0 Å². The SMILES string of the molecule is O=S(=O)(OCC(COS(=O)(=O)C(F)(F)F)OS(=O)(=O)C(F)(F)F)C(F)(F)F. The maximum absolute atomic E-state index is 12.1. The van der Waals surface area contributed by atoms with Crippen molar-refractivity contribution in [3.05, 3.63) is 0 Å². The molecular weight excluding hydrogens is 483 g/mol. The van der Waals surface area contributed by atoms with Crippen LogP contribution in [0.2, 0.25) is 0 Å². The summed E-state index contributed by atoms with van der Waals surface area (Å²) in [4.78, 5) is 0. The van der Waals surface area contributed by atoms with Crippen LogP contribution in [-0.4, -0.2) is 61.1 Å². The van der Waals surface area contributed by atoms with Crippen molar-refractivity contribution in [2.75, 3.05) is 13.2 Å². The molecule has 0 bridgehead atoms. The highest BCUT2D eigenvalue weighted by Gasteiger charge is 2.52. The van der Waals surface area contributed by atoms with E-state index in [-0.39, 0.29) is 0 Å². The van der Waals surface area contributed by atoms with E-state index in [9.17, 15) is 64.8 Å². The third-order valence-electron chi connectivity index (χ3n) is 1.93. The third kappa shape index (κ3) is 7.21. The van der Waals surface area contributed by atoms with E-state index in [2.05, 4.69) is 12.5 Å². The molecule has 0 N–H and O–H groups in total. The van der Waals surface area contributed by atoms with Crippen LogP contribution in [-0.2, 0) is 42.9 Å². The van der Waals surface area contributed by atoms with Gasteiger partial charge in [-0.3, -0.25) is 12.5 Å². The van der Waals surface area contributed by atoms with Crippen LogP contribution in [0, 0.1) is 0 Å². The first-order valence-corrected chi connectivity index (χ1v) is 9.67. The van der Waals surface area contributed by atoms with E-state index in [0.717, 1.165) is 0 Å². The Labute approximate surface area is 144 Å². The molecule has 0 fully saturated rings. The molecule has 0 radical (unpaired) electrons. The van der Waals surface area contributed by atoms with Crippen molar-refractivity contribution in [3.63, 3.8) is 0 Å². The Balaban J connectivity index is 5.54. The van der Waals surface area contributed by atoms with Crippen molar-refractivity contribution in [2.24, 2.45) is 0 Å². The molecule has 0 aromatic heterocycles. The Kier molecular flexibility index (Phi) is 7.59. The van der Waals surface area contributed by atoms with E-state index in [1.54, 1.807) is 0 Å². The minimum Gasteiger partial charge on any atom is -0.260 e. The highest BCUT2D eigenvalue weighted by atomic mass is 32.2. The molecule has 0 saturated carbocycles. The molecule has 0 aliphatic heterocycles. The van der Waals surface area contributed by atoms with Gasteiger partial charge in [0.15, 0.2) is 0 Å². The topological polar surface area (TPSA) is 130 Å². The highest BCUT2D eigenvalue weighted by Crippen LogP contribution is 2.29. The van der Waals surface area contributed by atoms with Crippen LogP contribution in [0.5, 0.6) is 0 Å². The second kappa shape index (κ2) is 7.85. The van der Waals surface area contributed by atoms with Gasteiger partial charge in [0, 0.05) is 0 Å². The van der Waals surface area contributed by atoms with Gasteiger partial charge in [0.1, 0.15) is 6.10 Å². The lowest BCUT2D eigenvalue weighted by Crippen LogP contribution is -2.38. The summed E-state index contributed by atoms with van der Waals surface area (Å²) in [5.41, 5.74) is -18.6. The molecule has 0 amide bonds. The first-order chi connectivity index (χ1) is 11.5. The van der Waals surface area contributed by atoms with Crippen LogP contribution in [0.3, 0.4) is 0 Å². The summed E-state index contributed by atoms with van der Waals surface area (Å²) in [6.07, 6.45) is -3.19. The van der Waals surface area contributed by atoms with Gasteiger partial charge in [-0.15, -0.1) is 0 Å². The van der Waals surface area contributed by atoms with Crippen LogP contribution in [0.1, 0.15) is 0 Å². The average Bonchev–Trinajstić information content (AvgIpc) is 2.37. The Morgan fingerprint density at radius 1 is 0.556 bits per heavy atom. The monoisotopic (exact) mass is 488 g/mol. The molecule has 27 heavy (non-hydrogen) atoms. The molecule has 21 heteroatoms. The predicted molar refractivity (Wildman–Crippen MR) is 61.7 cm³/mol. The summed E-state index contributed by atoms with van der Waals surface area (Å²) in [5, 5.41) is 0. The molecule has 0 aromatic carbocycles. The Morgan fingerprint density at radius 3 is 1.04 bits per heavy atom. The minimum atomic E-state index is -6.72. The van der Waals surface area contributed by atoms with Crippen LogP contribution in [0.25, 0.3) is 0 Å². The van der Waals surface area contributed by atoms with E-state index in [4.69, 9.17) is 0 Å². The number of alkyl halides is 9. The van der Waals surface area contributed by atoms with Crippen LogP contribution < -0.4 is 0 Å². The zero-order valence-corrected chi connectivity index (χ0v) is 14.2. The van der Waals surface area contributed by atoms with E-state index in [0.29, 0.717) is 0 Å². The fourth-order valence-electron chi connectivity index (χ4n) is 0.802. The van der Waals surface area contributed by atoms with E-state index in [1.807, 2.05) is 0 Å². The van der Waals surface area contributed by atoms with Gasteiger partial charge in [-0.25, -0.2) is 0 Å². The molecular formula is C6H5F9O9S3. The van der Waals surface area contributed by atoms with Gasteiger partial charge >= 0.3 is 46.9 Å². The van der Waals surface area contributed by atoms with Crippen LogP contribution in [0.15, 0.2) is 0 Å². The Hall–Kier alpha value is -0.900. The van der Waals surface area contributed by atoms with Gasteiger partial charge in [-0.2, -0.15) is 64.8 Å². The first-order valence-electron chi connectivity index (χ1n) is 5.44. The smallest absolute Gasteiger partial charge is 0.260 e. The molecule has 9 nitrogen and oxygen atoms in total. The molecule has 0 rings (SSSR count). The van der Waals surface area contributed by atoms with Crippen molar-refractivity contribution in [1.82, 2.24) is 0 Å². The normalized spacial score (nSPS) is 15.3. The maximum Gasteiger partial charge on any atom is 0.523 e. The first kappa shape index (κ1) is 26.1. The summed E-state index contributed by atoms with van der Waals surface area (Å²) in [6.45, 7) is -4.60. The van der Waals surface area contributed by atoms with E-state index >= 15 is 0 Å². The summed E-state index contributed by atoms with van der Waals surface area (Å²) in [5.74, 6) is 0. The molecule has 0 saturated heterocycles. The highest BCUT2D eigenvalue weighted by molar-refractivity contribution is 7.88. The molecule has 0 atom stereocenters. The molecule has 0 aliphatic rings. The summed E-state index contributed by atoms with van der Waals surface area (Å²) >= 11 is 0. The van der Waals surface area contributed by atoms with Crippen molar-refractivity contribution in [1.29, 1.82) is 0 Å². The van der Waals surface area contributed by atoms with Crippen molar-refractivity contribution in [3.8, 4) is 0 Å². The van der Waals surface area contributed by atoms with Gasteiger partial charge in [0.05, 0.1) is 13.2 Å². The molecule has 0 aliphatic carbocycles. The van der Waals surface area contributed by atoms with Crippen LogP contribution in [0.4, 0.5) is 39.5 Å². The fraction of sp³-hybridized carbons (Fsp3) is 1.00. The summed E-state index contributed by atoms with van der Waals surface area (Å²) < 4.78 is 181. The maximum atomic E-state index is 12.1. The fourth-order valence-corrected chi connectivity index (χ4v) is 2.31. The molecule has 0 heterocycles. The Bertz CT molecular complexity index is 770. The van der Waals surface area contributed by atoms with Crippen molar-refractivity contribution in [2.45, 2.75) is 22.6 Å². The quantitative estimate of drug-likeness (QED) is 0.279. The summed E-state index contributed by atoms with van der Waals surface area (Å²) in [6, 6.07) is 0. The lowest BCUT2D eigenvalue weighted by atomic mass is 10.4. The zero-order valence-electron chi connectivity index (χ0n) is 11.8. The second-order valence-corrected chi connectivity index (χ2v) is 8.76. The Morgan fingerprint density at radius 2 is 0.815 bits per heavy atom. The van der Waals surface area contributed by atoms with Gasteiger partial charge in [0.2, 0.25) is 0 Å². The molecule has 0 aromatic rings. The third-order valence-corrected chi connectivity index (χ3v) is 5.05. The summed E-state index contributed by atoms with van der Waals surface area (Å²) in [7, 11) is -19.8. The average molecular weight is 488 g/mol. The molecule has 0 unspecified atom stereocenters. The van der Waals surface area contributed by atoms with Crippen LogP contribution >= 0.6 is 0 Å². The van der Waals surface area contributed by atoms with E-state index < -0.39 is 66.2 Å². The second-order valence-electron chi connectivity index (χ2n) is 3.99. The minimum absolute atomic E-state index is 2.30. The van der Waals surface area contributed by atoms with Gasteiger partial charge < -0.3 is 0 Å². The van der Waals surface area contributed by atoms with Gasteiger partial charge in [-0.1, -0.05) is 0 Å².